The van der Waals surface area contributed by atoms with Crippen LogP contribution in [0.25, 0.3) is 10.8 Å². The fraction of sp³-hybridized carbons (Fsp3) is 0.438. The Morgan fingerprint density at radius 3 is 2.05 bits per heavy atom. The highest BCUT2D eigenvalue weighted by Crippen LogP contribution is 2.18. The minimum absolute atomic E-state index is 0.0523. The number of amides is 1. The predicted octanol–water partition coefficient (Wildman–Crippen LogP) is 7.61. The lowest BCUT2D eigenvalue weighted by molar-refractivity contribution is -0.170. The van der Waals surface area contributed by atoms with Crippen LogP contribution < -0.4 is 5.56 Å². The van der Waals surface area contributed by atoms with Crippen LogP contribution in [0.4, 0.5) is 17.6 Å². The number of hydrogen-bond acceptors (Lipinski definition) is 5. The Morgan fingerprint density at radius 2 is 1.57 bits per heavy atom. The summed E-state index contributed by atoms with van der Waals surface area (Å²) in [5.41, 5.74) is -0.822. The van der Waals surface area contributed by atoms with Gasteiger partial charge in [-0.05, 0) is 43.9 Å². The number of nitrogens with zero attached hydrogens (tertiary/aromatic N) is 2. The molecule has 244 valence electrons. The number of carbonyl (C=O) groups excluding carboxylic acids is 3. The molecule has 1 unspecified atom stereocenters. The quantitative estimate of drug-likeness (QED) is 0.136. The number of rotatable bonds is 9. The summed E-state index contributed by atoms with van der Waals surface area (Å²) in [5, 5.41) is 3.06. The Hall–Kier alpha value is -3.57. The number of ketones is 2. The van der Waals surface area contributed by atoms with Crippen molar-refractivity contribution in [3.8, 4) is 0 Å². The predicted molar refractivity (Wildman–Crippen MR) is 164 cm³/mol. The molecule has 0 bridgehead atoms. The van der Waals surface area contributed by atoms with Crippen LogP contribution >= 0.6 is 11.6 Å². The molecule has 0 fully saturated rings. The Labute approximate surface area is 260 Å². The SMILES string of the molecule is CC.CC(=O)Cn1ccc2ccc(Cl)cc2c1=O.CCCC(CC(=O)N(C)OC)C(=O)CC.Cc1c(F)c(F)cc(F)c1F. The number of carbonyl (C=O) groups is 3. The van der Waals surface area contributed by atoms with E-state index in [2.05, 4.69) is 0 Å². The molecule has 0 spiro atoms. The van der Waals surface area contributed by atoms with E-state index in [1.807, 2.05) is 27.7 Å². The third-order valence-electron chi connectivity index (χ3n) is 6.15. The van der Waals surface area contributed by atoms with Gasteiger partial charge in [-0.3, -0.25) is 24.0 Å². The summed E-state index contributed by atoms with van der Waals surface area (Å²) in [4.78, 5) is 50.8. The lowest BCUT2D eigenvalue weighted by Crippen LogP contribution is -2.29. The van der Waals surface area contributed by atoms with Crippen molar-refractivity contribution in [2.24, 2.45) is 5.92 Å². The van der Waals surface area contributed by atoms with Gasteiger partial charge in [-0.15, -0.1) is 0 Å². The molecule has 0 aliphatic carbocycles. The fourth-order valence-corrected chi connectivity index (χ4v) is 3.94. The molecule has 0 aliphatic heterocycles. The van der Waals surface area contributed by atoms with Crippen LogP contribution in [0.2, 0.25) is 5.02 Å². The molecule has 0 saturated heterocycles. The van der Waals surface area contributed by atoms with Gasteiger partial charge in [0.1, 0.15) is 11.6 Å². The maximum atomic E-state index is 12.4. The van der Waals surface area contributed by atoms with Gasteiger partial charge in [-0.1, -0.05) is 51.8 Å². The van der Waals surface area contributed by atoms with Gasteiger partial charge in [0.25, 0.3) is 5.56 Å². The van der Waals surface area contributed by atoms with Crippen molar-refractivity contribution >= 4 is 39.8 Å². The molecule has 12 heteroatoms. The molecule has 44 heavy (non-hydrogen) atoms. The van der Waals surface area contributed by atoms with Crippen LogP contribution in [-0.2, 0) is 25.8 Å². The van der Waals surface area contributed by atoms with Crippen molar-refractivity contribution in [2.45, 2.75) is 73.8 Å². The van der Waals surface area contributed by atoms with E-state index in [0.717, 1.165) is 25.2 Å². The van der Waals surface area contributed by atoms with E-state index >= 15 is 0 Å². The largest absolute Gasteiger partial charge is 0.308 e. The van der Waals surface area contributed by atoms with E-state index < -0.39 is 28.8 Å². The van der Waals surface area contributed by atoms with Crippen molar-refractivity contribution in [3.05, 3.63) is 80.7 Å². The first kappa shape index (κ1) is 40.4. The number of hydroxylamine groups is 2. The van der Waals surface area contributed by atoms with Crippen molar-refractivity contribution in [1.29, 1.82) is 0 Å². The molecule has 0 saturated carbocycles. The maximum absolute atomic E-state index is 12.4. The Kier molecular flexibility index (Phi) is 18.7. The van der Waals surface area contributed by atoms with Crippen LogP contribution in [0.3, 0.4) is 0 Å². The summed E-state index contributed by atoms with van der Waals surface area (Å²) >= 11 is 5.83. The summed E-state index contributed by atoms with van der Waals surface area (Å²) in [6.07, 6.45) is 4.07. The third-order valence-corrected chi connectivity index (χ3v) is 6.39. The van der Waals surface area contributed by atoms with E-state index in [1.54, 1.807) is 37.5 Å². The van der Waals surface area contributed by atoms with E-state index in [9.17, 15) is 36.7 Å². The van der Waals surface area contributed by atoms with Crippen molar-refractivity contribution in [1.82, 2.24) is 9.63 Å². The number of aromatic nitrogens is 1. The van der Waals surface area contributed by atoms with Crippen LogP contribution in [0.5, 0.6) is 0 Å². The molecular formula is C32H41ClF4N2O5. The zero-order valence-corrected chi connectivity index (χ0v) is 27.2. The highest BCUT2D eigenvalue weighted by molar-refractivity contribution is 6.31. The van der Waals surface area contributed by atoms with Crippen LogP contribution in [0, 0.1) is 36.1 Å². The molecule has 1 atom stereocenters. The standard InChI is InChI=1S/C12H10ClNO2.C11H21NO3.C7H4F4.C2H6/c1-8(15)7-14-5-4-9-2-3-10(13)6-11(9)12(14)16;1-5-7-9(10(13)6-2)8-11(14)12(3)15-4;1-3-6(10)4(8)2-5(9)7(3)11;1-2/h2-6H,7H2,1H3;9H,5-8H2,1-4H3;2H,1H3;1-2H3. The van der Waals surface area contributed by atoms with Gasteiger partial charge >= 0.3 is 0 Å². The summed E-state index contributed by atoms with van der Waals surface area (Å²) in [6.45, 7) is 10.4. The molecule has 3 rings (SSSR count). The molecular weight excluding hydrogens is 604 g/mol. The van der Waals surface area contributed by atoms with Gasteiger partial charge in [0, 0.05) is 54.0 Å². The molecule has 0 N–H and O–H groups in total. The Bertz CT molecular complexity index is 1440. The second kappa shape index (κ2) is 20.4. The first-order valence-corrected chi connectivity index (χ1v) is 14.5. The Morgan fingerprint density at radius 1 is 1.00 bits per heavy atom. The molecule has 1 heterocycles. The lowest BCUT2D eigenvalue weighted by Gasteiger charge is -2.18. The fourth-order valence-electron chi connectivity index (χ4n) is 3.76. The van der Waals surface area contributed by atoms with E-state index in [1.165, 1.54) is 23.7 Å². The maximum Gasteiger partial charge on any atom is 0.258 e. The second-order valence-corrected chi connectivity index (χ2v) is 9.80. The first-order chi connectivity index (χ1) is 20.7. The number of hydrogen-bond donors (Lipinski definition) is 0. The highest BCUT2D eigenvalue weighted by atomic mass is 35.5. The second-order valence-electron chi connectivity index (χ2n) is 9.36. The minimum Gasteiger partial charge on any atom is -0.308 e. The van der Waals surface area contributed by atoms with Crippen LogP contribution in [0.1, 0.15) is 65.9 Å². The topological polar surface area (TPSA) is 85.7 Å². The number of pyridine rings is 1. The van der Waals surface area contributed by atoms with Gasteiger partial charge in [0.2, 0.25) is 5.91 Å². The zero-order chi connectivity index (χ0) is 34.1. The lowest BCUT2D eigenvalue weighted by atomic mass is 9.93. The number of Topliss-reactive ketones (excluding diaryl/α,β-unsaturated/α-hetero) is 2. The third kappa shape index (κ3) is 12.6. The highest BCUT2D eigenvalue weighted by Gasteiger charge is 2.21. The smallest absolute Gasteiger partial charge is 0.258 e. The van der Waals surface area contributed by atoms with E-state index in [-0.39, 0.29) is 48.0 Å². The molecule has 3 aromatic rings. The van der Waals surface area contributed by atoms with Gasteiger partial charge in [0.15, 0.2) is 23.3 Å². The first-order valence-electron chi connectivity index (χ1n) is 14.1. The van der Waals surface area contributed by atoms with Crippen molar-refractivity contribution in [3.63, 3.8) is 0 Å². The van der Waals surface area contributed by atoms with E-state index in [4.69, 9.17) is 16.4 Å². The number of fused-ring (bicyclic) bond motifs is 1. The van der Waals surface area contributed by atoms with Gasteiger partial charge in [-0.2, -0.15) is 0 Å². The average Bonchev–Trinajstić information content (AvgIpc) is 3.01. The van der Waals surface area contributed by atoms with Gasteiger partial charge in [-0.25, -0.2) is 22.6 Å². The van der Waals surface area contributed by atoms with E-state index in [0.29, 0.717) is 16.8 Å². The van der Waals surface area contributed by atoms with Crippen molar-refractivity contribution < 1.29 is 36.8 Å². The van der Waals surface area contributed by atoms with Crippen LogP contribution in [-0.4, -0.2) is 41.3 Å². The Balaban J connectivity index is 0.000000622. The number of benzene rings is 2. The normalized spacial score (nSPS) is 10.8. The van der Waals surface area contributed by atoms with Crippen LogP contribution in [0.15, 0.2) is 41.3 Å². The summed E-state index contributed by atoms with van der Waals surface area (Å²) in [5.74, 6) is -5.61. The summed E-state index contributed by atoms with van der Waals surface area (Å²) in [6, 6.07) is 7.12. The minimum atomic E-state index is -1.37. The zero-order valence-electron chi connectivity index (χ0n) is 26.4. The molecule has 0 aliphatic rings. The summed E-state index contributed by atoms with van der Waals surface area (Å²) in [7, 11) is 3.00. The average molecular weight is 645 g/mol. The monoisotopic (exact) mass is 644 g/mol. The molecule has 1 amide bonds. The molecule has 1 aromatic heterocycles. The van der Waals surface area contributed by atoms with Crippen molar-refractivity contribution in [2.75, 3.05) is 14.2 Å². The summed E-state index contributed by atoms with van der Waals surface area (Å²) < 4.78 is 50.6. The molecule has 0 radical (unpaired) electrons. The molecule has 2 aromatic carbocycles. The van der Waals surface area contributed by atoms with Gasteiger partial charge in [0.05, 0.1) is 13.7 Å². The number of halogens is 5. The van der Waals surface area contributed by atoms with Gasteiger partial charge < -0.3 is 4.57 Å². The molecule has 7 nitrogen and oxygen atoms in total.